The quantitative estimate of drug-likeness (QED) is 0.180. The molecule has 1 fully saturated rings. The van der Waals surface area contributed by atoms with Crippen LogP contribution in [0.5, 0.6) is 5.75 Å². The van der Waals surface area contributed by atoms with Crippen LogP contribution in [-0.2, 0) is 18.4 Å². The summed E-state index contributed by atoms with van der Waals surface area (Å²) in [5.41, 5.74) is 10.2. The van der Waals surface area contributed by atoms with Crippen molar-refractivity contribution in [3.8, 4) is 5.75 Å². The Morgan fingerprint density at radius 1 is 1.05 bits per heavy atom. The highest BCUT2D eigenvalue weighted by Gasteiger charge is 2.44. The zero-order valence-electron chi connectivity index (χ0n) is 24.5. The molecule has 5 N–H and O–H groups in total. The van der Waals surface area contributed by atoms with Gasteiger partial charge >= 0.3 is 0 Å². The summed E-state index contributed by atoms with van der Waals surface area (Å²) in [4.78, 5) is 23.9. The minimum absolute atomic E-state index is 0.0378. The topological polar surface area (TPSA) is 114 Å². The lowest BCUT2D eigenvalue weighted by molar-refractivity contribution is 0.0952. The Hall–Kier alpha value is -3.75. The van der Waals surface area contributed by atoms with Gasteiger partial charge in [0.15, 0.2) is 0 Å². The van der Waals surface area contributed by atoms with E-state index < -0.39 is 12.0 Å². The molecule has 0 aromatic heterocycles. The average molecular weight is 576 g/mol. The molecule has 2 amide bonds. The fourth-order valence-electron chi connectivity index (χ4n) is 5.16. The van der Waals surface area contributed by atoms with Gasteiger partial charge in [0.1, 0.15) is 11.6 Å². The second kappa shape index (κ2) is 14.4. The summed E-state index contributed by atoms with van der Waals surface area (Å²) in [5.74, 6) is -0.765. The van der Waals surface area contributed by atoms with Crippen LogP contribution >= 0.6 is 0 Å². The van der Waals surface area contributed by atoms with Gasteiger partial charge in [-0.2, -0.15) is 0 Å². The number of unbranched alkanes of at least 4 members (excludes halogenated alkanes) is 1. The first-order chi connectivity index (χ1) is 20.2. The molecule has 8 heteroatoms. The highest BCUT2D eigenvalue weighted by molar-refractivity contribution is 5.99. The van der Waals surface area contributed by atoms with E-state index in [1.165, 1.54) is 29.3 Å². The minimum Gasteiger partial charge on any atom is -0.493 e. The van der Waals surface area contributed by atoms with Gasteiger partial charge in [-0.1, -0.05) is 31.2 Å². The maximum absolute atomic E-state index is 14.3. The predicted octanol–water partition coefficient (Wildman–Crippen LogP) is 4.96. The van der Waals surface area contributed by atoms with Gasteiger partial charge in [-0.3, -0.25) is 9.59 Å². The zero-order chi connectivity index (χ0) is 30.1. The number of aliphatic hydroxyl groups is 1. The molecule has 7 nitrogen and oxygen atoms in total. The summed E-state index contributed by atoms with van der Waals surface area (Å²) in [6, 6.07) is 18.1. The van der Waals surface area contributed by atoms with Crippen molar-refractivity contribution in [2.24, 2.45) is 5.73 Å². The van der Waals surface area contributed by atoms with Gasteiger partial charge in [0.2, 0.25) is 5.91 Å². The van der Waals surface area contributed by atoms with Crippen LogP contribution in [0, 0.1) is 12.7 Å². The molecule has 0 unspecified atom stereocenters. The molecule has 1 aliphatic rings. The minimum atomic E-state index is -0.575. The number of primary amides is 1. The number of ether oxygens (including phenoxy) is 1. The third kappa shape index (κ3) is 8.87. The van der Waals surface area contributed by atoms with Crippen molar-refractivity contribution in [2.75, 3.05) is 19.7 Å². The molecule has 0 heterocycles. The molecule has 0 aliphatic heterocycles. The van der Waals surface area contributed by atoms with Crippen LogP contribution in [-0.4, -0.2) is 42.7 Å². The molecule has 0 radical (unpaired) electrons. The number of rotatable bonds is 16. The smallest absolute Gasteiger partial charge is 0.251 e. The summed E-state index contributed by atoms with van der Waals surface area (Å²) < 4.78 is 20.0. The number of halogens is 1. The van der Waals surface area contributed by atoms with Crippen LogP contribution < -0.4 is 21.1 Å². The number of carbonyl (C=O) groups excluding carboxylic acids is 2. The molecule has 1 saturated carbocycles. The van der Waals surface area contributed by atoms with E-state index in [1.54, 1.807) is 19.1 Å². The highest BCUT2D eigenvalue weighted by atomic mass is 19.1. The second-order valence-corrected chi connectivity index (χ2v) is 11.3. The van der Waals surface area contributed by atoms with E-state index in [0.29, 0.717) is 62.3 Å². The number of amides is 2. The number of aryl methyl sites for hydroxylation is 3. The summed E-state index contributed by atoms with van der Waals surface area (Å²) in [7, 11) is 0. The van der Waals surface area contributed by atoms with Crippen molar-refractivity contribution in [1.82, 2.24) is 10.6 Å². The number of hydrogen-bond acceptors (Lipinski definition) is 5. The molecule has 3 aromatic rings. The van der Waals surface area contributed by atoms with Gasteiger partial charge in [-0.15, -0.1) is 0 Å². The monoisotopic (exact) mass is 575 g/mol. The van der Waals surface area contributed by atoms with E-state index in [0.717, 1.165) is 30.4 Å². The van der Waals surface area contributed by atoms with Gasteiger partial charge in [0.25, 0.3) is 5.91 Å². The molecule has 0 bridgehead atoms. The first-order valence-electron chi connectivity index (χ1n) is 14.8. The second-order valence-electron chi connectivity index (χ2n) is 11.3. The summed E-state index contributed by atoms with van der Waals surface area (Å²) >= 11 is 0. The van der Waals surface area contributed by atoms with E-state index in [4.69, 9.17) is 10.5 Å². The fourth-order valence-corrected chi connectivity index (χ4v) is 5.16. The van der Waals surface area contributed by atoms with Crippen molar-refractivity contribution in [3.63, 3.8) is 0 Å². The number of aliphatic hydroxyl groups excluding tert-OH is 1. The van der Waals surface area contributed by atoms with Gasteiger partial charge < -0.3 is 26.2 Å². The Balaban J connectivity index is 1.16. The number of carbonyl (C=O) groups is 2. The first kappa shape index (κ1) is 31.2. The van der Waals surface area contributed by atoms with Gasteiger partial charge in [-0.05, 0) is 104 Å². The van der Waals surface area contributed by atoms with Gasteiger partial charge in [0.05, 0.1) is 12.7 Å². The van der Waals surface area contributed by atoms with E-state index in [9.17, 15) is 19.1 Å². The summed E-state index contributed by atoms with van der Waals surface area (Å²) in [6.07, 6.45) is 4.98. The van der Waals surface area contributed by atoms with Gasteiger partial charge in [0, 0.05) is 35.8 Å². The zero-order valence-corrected chi connectivity index (χ0v) is 24.5. The lowest BCUT2D eigenvalue weighted by Gasteiger charge is -2.21. The third-order valence-electron chi connectivity index (χ3n) is 7.76. The summed E-state index contributed by atoms with van der Waals surface area (Å²) in [6.45, 7) is 5.26. The Bertz CT molecular complexity index is 1390. The normalized spacial score (nSPS) is 14.3. The molecule has 224 valence electrons. The molecule has 3 aromatic carbocycles. The maximum atomic E-state index is 14.3. The van der Waals surface area contributed by atoms with Crippen molar-refractivity contribution in [3.05, 3.63) is 99.9 Å². The van der Waals surface area contributed by atoms with E-state index in [-0.39, 0.29) is 17.3 Å². The number of nitrogens with two attached hydrogens (primary N) is 1. The lowest BCUT2D eigenvalue weighted by Crippen LogP contribution is -2.36. The van der Waals surface area contributed by atoms with Crippen molar-refractivity contribution in [2.45, 2.75) is 70.4 Å². The lowest BCUT2D eigenvalue weighted by atomic mass is 10.00. The molecule has 0 spiro atoms. The van der Waals surface area contributed by atoms with Crippen LogP contribution in [0.2, 0.25) is 0 Å². The maximum Gasteiger partial charge on any atom is 0.251 e. The van der Waals surface area contributed by atoms with Crippen molar-refractivity contribution in [1.29, 1.82) is 0 Å². The van der Waals surface area contributed by atoms with E-state index in [2.05, 4.69) is 41.8 Å². The molecule has 1 aliphatic carbocycles. The van der Waals surface area contributed by atoms with Crippen LogP contribution in [0.15, 0.2) is 60.7 Å². The van der Waals surface area contributed by atoms with Crippen LogP contribution in [0.4, 0.5) is 4.39 Å². The Morgan fingerprint density at radius 3 is 2.57 bits per heavy atom. The summed E-state index contributed by atoms with van der Waals surface area (Å²) in [5, 5.41) is 17.0. The fraction of sp³-hybridized carbons (Fsp3) is 0.412. The molecule has 4 rings (SSSR count). The van der Waals surface area contributed by atoms with E-state index in [1.807, 2.05) is 6.07 Å². The van der Waals surface area contributed by atoms with Crippen LogP contribution in [0.25, 0.3) is 0 Å². The number of hydrogen-bond donors (Lipinski definition) is 4. The first-order valence-corrected chi connectivity index (χ1v) is 14.8. The van der Waals surface area contributed by atoms with Crippen molar-refractivity contribution >= 4 is 11.8 Å². The number of nitrogens with one attached hydrogen (secondary N) is 2. The molecule has 42 heavy (non-hydrogen) atoms. The SMILES string of the molecule is CCc1cccc(C2(NC[C@@H](O)CCc3cc(F)cc(OCCCCNC(=O)c4cc(C)cc(C(N)=O)c4)c3)CC2)c1. The van der Waals surface area contributed by atoms with Gasteiger partial charge in [-0.25, -0.2) is 4.39 Å². The predicted molar refractivity (Wildman–Crippen MR) is 162 cm³/mol. The Morgan fingerprint density at radius 2 is 1.83 bits per heavy atom. The average Bonchev–Trinajstić information content (AvgIpc) is 3.77. The van der Waals surface area contributed by atoms with Crippen LogP contribution in [0.3, 0.4) is 0 Å². The standard InChI is InChI=1S/C34H42FN3O4/c1-3-24-7-6-8-28(17-24)34(11-12-34)38-22-30(39)10-9-25-18-29(35)21-31(19-25)42-14-5-4-13-37-33(41)27-16-23(2)15-26(20-27)32(36)40/h6-8,15-21,30,38-39H,3-5,9-14,22H2,1-2H3,(H2,36,40)(H,37,41)/t30-/m0/s1. The Kier molecular flexibility index (Phi) is 10.7. The molecular formula is C34H42FN3O4. The Labute approximate surface area is 247 Å². The molecule has 1 atom stereocenters. The van der Waals surface area contributed by atoms with E-state index >= 15 is 0 Å². The van der Waals surface area contributed by atoms with Crippen LogP contribution in [0.1, 0.15) is 82.0 Å². The molecule has 0 saturated heterocycles. The molecular weight excluding hydrogens is 533 g/mol. The third-order valence-corrected chi connectivity index (χ3v) is 7.76. The largest absolute Gasteiger partial charge is 0.493 e. The highest BCUT2D eigenvalue weighted by Crippen LogP contribution is 2.45. The number of benzene rings is 3. The van der Waals surface area contributed by atoms with Crippen molar-refractivity contribution < 1.29 is 23.8 Å².